The molecule has 98 valence electrons. The number of aryl methyl sites for hydroxylation is 1. The van der Waals surface area contributed by atoms with Crippen LogP contribution in [-0.2, 0) is 5.41 Å². The van der Waals surface area contributed by atoms with Gasteiger partial charge in [-0.2, -0.15) is 0 Å². The van der Waals surface area contributed by atoms with E-state index in [0.29, 0.717) is 0 Å². The molecule has 0 fully saturated rings. The number of carbonyl (C=O) groups is 1. The Morgan fingerprint density at radius 1 is 1.05 bits per heavy atom. The molecular weight excluding hydrogens is 236 g/mol. The van der Waals surface area contributed by atoms with Gasteiger partial charge in [-0.3, -0.25) is 0 Å². The van der Waals surface area contributed by atoms with Crippen LogP contribution in [0, 0.1) is 6.92 Å². The Bertz CT molecular complexity index is 598. The summed E-state index contributed by atoms with van der Waals surface area (Å²) in [6, 6.07) is 15.3. The molecule has 0 unspecified atom stereocenters. The quantitative estimate of drug-likeness (QED) is 0.843. The van der Waals surface area contributed by atoms with Crippen LogP contribution in [0.3, 0.4) is 0 Å². The summed E-state index contributed by atoms with van der Waals surface area (Å²) in [6.45, 7) is 6.02. The Balaban J connectivity index is 2.63. The van der Waals surface area contributed by atoms with Gasteiger partial charge in [0.15, 0.2) is 0 Å². The maximum atomic E-state index is 11.3. The van der Waals surface area contributed by atoms with Crippen molar-refractivity contribution in [3.8, 4) is 0 Å². The zero-order valence-corrected chi connectivity index (χ0v) is 11.4. The lowest BCUT2D eigenvalue weighted by molar-refractivity contribution is -0.255. The van der Waals surface area contributed by atoms with Crippen LogP contribution in [0.4, 0.5) is 0 Å². The second-order valence-electron chi connectivity index (χ2n) is 5.33. The van der Waals surface area contributed by atoms with E-state index in [2.05, 4.69) is 0 Å². The molecule has 2 rings (SSSR count). The molecule has 0 amide bonds. The first-order valence-corrected chi connectivity index (χ1v) is 6.31. The number of carbonyl (C=O) groups excluding carboxylic acids is 1. The van der Waals surface area contributed by atoms with Crippen molar-refractivity contribution < 1.29 is 9.90 Å². The maximum absolute atomic E-state index is 11.3. The average Bonchev–Trinajstić information content (AvgIpc) is 2.39. The molecule has 0 aliphatic carbocycles. The summed E-state index contributed by atoms with van der Waals surface area (Å²) in [5.41, 5.74) is 2.81. The van der Waals surface area contributed by atoms with Crippen LogP contribution in [0.15, 0.2) is 48.5 Å². The van der Waals surface area contributed by atoms with Crippen LogP contribution < -0.4 is 5.11 Å². The first-order valence-electron chi connectivity index (χ1n) is 6.31. The molecule has 0 aromatic heterocycles. The van der Waals surface area contributed by atoms with E-state index in [1.54, 1.807) is 12.1 Å². The Kier molecular flexibility index (Phi) is 3.43. The molecule has 2 nitrogen and oxygen atoms in total. The van der Waals surface area contributed by atoms with Crippen LogP contribution in [0.5, 0.6) is 0 Å². The Morgan fingerprint density at radius 2 is 1.68 bits per heavy atom. The summed E-state index contributed by atoms with van der Waals surface area (Å²) in [6.07, 6.45) is 0. The zero-order chi connectivity index (χ0) is 14.0. The highest BCUT2D eigenvalue weighted by Crippen LogP contribution is 2.33. The van der Waals surface area contributed by atoms with Gasteiger partial charge in [-0.15, -0.1) is 0 Å². The number of hydrogen-bond donors (Lipinski definition) is 0. The lowest BCUT2D eigenvalue weighted by atomic mass is 9.75. The van der Waals surface area contributed by atoms with E-state index in [-0.39, 0.29) is 11.0 Å². The van der Waals surface area contributed by atoms with Gasteiger partial charge in [0.2, 0.25) is 0 Å². The fourth-order valence-corrected chi connectivity index (χ4v) is 2.36. The SMILES string of the molecule is Cc1ccc(C(=O)[O-])c(C(C)(C)c2ccccc2)c1. The number of carboxylic acids is 1. The summed E-state index contributed by atoms with van der Waals surface area (Å²) in [4.78, 5) is 11.3. The molecule has 0 heterocycles. The van der Waals surface area contributed by atoms with E-state index in [1.807, 2.05) is 57.2 Å². The predicted octanol–water partition coefficient (Wildman–Crippen LogP) is 2.68. The largest absolute Gasteiger partial charge is 0.545 e. The summed E-state index contributed by atoms with van der Waals surface area (Å²) in [7, 11) is 0. The van der Waals surface area contributed by atoms with E-state index in [1.165, 1.54) is 0 Å². The van der Waals surface area contributed by atoms with Crippen LogP contribution in [0.1, 0.15) is 40.9 Å². The Labute approximate surface area is 113 Å². The molecule has 0 aliphatic heterocycles. The third-order valence-electron chi connectivity index (χ3n) is 3.56. The molecule has 0 aliphatic rings. The van der Waals surface area contributed by atoms with E-state index < -0.39 is 5.97 Å². The van der Waals surface area contributed by atoms with Crippen LogP contribution in [0.2, 0.25) is 0 Å². The molecule has 0 N–H and O–H groups in total. The van der Waals surface area contributed by atoms with Crippen LogP contribution >= 0.6 is 0 Å². The van der Waals surface area contributed by atoms with E-state index >= 15 is 0 Å². The molecule has 0 saturated carbocycles. The first kappa shape index (κ1) is 13.3. The van der Waals surface area contributed by atoms with Crippen molar-refractivity contribution in [1.29, 1.82) is 0 Å². The Morgan fingerprint density at radius 3 is 2.26 bits per heavy atom. The van der Waals surface area contributed by atoms with Crippen molar-refractivity contribution in [3.63, 3.8) is 0 Å². The summed E-state index contributed by atoms with van der Waals surface area (Å²) in [5.74, 6) is -1.13. The second kappa shape index (κ2) is 4.88. The maximum Gasteiger partial charge on any atom is 0.0718 e. The van der Waals surface area contributed by atoms with Crippen molar-refractivity contribution in [3.05, 3.63) is 70.8 Å². The van der Waals surface area contributed by atoms with Crippen LogP contribution in [0.25, 0.3) is 0 Å². The lowest BCUT2D eigenvalue weighted by Crippen LogP contribution is -2.29. The minimum Gasteiger partial charge on any atom is -0.545 e. The normalized spacial score (nSPS) is 11.3. The standard InChI is InChI=1S/C17H18O2/c1-12-9-10-14(16(18)19)15(11-12)17(2,3)13-7-5-4-6-8-13/h4-11H,1-3H3,(H,18,19)/p-1. The smallest absolute Gasteiger partial charge is 0.0718 e. The Hall–Kier alpha value is -2.09. The van der Waals surface area contributed by atoms with E-state index in [0.717, 1.165) is 16.7 Å². The van der Waals surface area contributed by atoms with Crippen molar-refractivity contribution in [2.45, 2.75) is 26.2 Å². The molecule has 2 aromatic carbocycles. The van der Waals surface area contributed by atoms with Gasteiger partial charge in [0.05, 0.1) is 5.97 Å². The summed E-state index contributed by atoms with van der Waals surface area (Å²) >= 11 is 0. The van der Waals surface area contributed by atoms with Crippen molar-refractivity contribution in [2.75, 3.05) is 0 Å². The number of hydrogen-bond acceptors (Lipinski definition) is 2. The predicted molar refractivity (Wildman–Crippen MR) is 74.1 cm³/mol. The minimum absolute atomic E-state index is 0.263. The number of rotatable bonds is 3. The molecule has 2 aromatic rings. The monoisotopic (exact) mass is 253 g/mol. The van der Waals surface area contributed by atoms with Gasteiger partial charge in [0, 0.05) is 11.0 Å². The van der Waals surface area contributed by atoms with Gasteiger partial charge in [0.25, 0.3) is 0 Å². The van der Waals surface area contributed by atoms with Gasteiger partial charge < -0.3 is 9.90 Å². The van der Waals surface area contributed by atoms with Gasteiger partial charge in [-0.25, -0.2) is 0 Å². The molecule has 0 atom stereocenters. The molecule has 0 radical (unpaired) electrons. The summed E-state index contributed by atoms with van der Waals surface area (Å²) < 4.78 is 0. The van der Waals surface area contributed by atoms with Crippen LogP contribution in [-0.4, -0.2) is 5.97 Å². The van der Waals surface area contributed by atoms with Gasteiger partial charge in [0.1, 0.15) is 0 Å². The highest BCUT2D eigenvalue weighted by atomic mass is 16.4. The zero-order valence-electron chi connectivity index (χ0n) is 11.4. The number of aromatic carboxylic acids is 1. The minimum atomic E-state index is -1.13. The van der Waals surface area contributed by atoms with E-state index in [9.17, 15) is 9.90 Å². The molecule has 0 spiro atoms. The fourth-order valence-electron chi connectivity index (χ4n) is 2.36. The van der Waals surface area contributed by atoms with Crippen molar-refractivity contribution >= 4 is 5.97 Å². The van der Waals surface area contributed by atoms with Gasteiger partial charge in [-0.1, -0.05) is 67.9 Å². The highest BCUT2D eigenvalue weighted by molar-refractivity contribution is 5.88. The lowest BCUT2D eigenvalue weighted by Gasteiger charge is -2.29. The van der Waals surface area contributed by atoms with E-state index in [4.69, 9.17) is 0 Å². The summed E-state index contributed by atoms with van der Waals surface area (Å²) in [5, 5.41) is 11.3. The third-order valence-corrected chi connectivity index (χ3v) is 3.56. The van der Waals surface area contributed by atoms with Crippen molar-refractivity contribution in [2.24, 2.45) is 0 Å². The van der Waals surface area contributed by atoms with Crippen molar-refractivity contribution in [1.82, 2.24) is 0 Å². The molecule has 0 saturated heterocycles. The van der Waals surface area contributed by atoms with Gasteiger partial charge in [-0.05, 0) is 18.1 Å². The number of carboxylic acid groups (broad SMARTS) is 1. The molecule has 0 bridgehead atoms. The highest BCUT2D eigenvalue weighted by Gasteiger charge is 2.26. The molecule has 2 heteroatoms. The molecular formula is C17H17O2-. The number of benzene rings is 2. The fraction of sp³-hybridized carbons (Fsp3) is 0.235. The first-order chi connectivity index (χ1) is 8.93. The molecule has 19 heavy (non-hydrogen) atoms. The third kappa shape index (κ3) is 2.53. The topological polar surface area (TPSA) is 40.1 Å². The van der Waals surface area contributed by atoms with Gasteiger partial charge >= 0.3 is 0 Å². The second-order valence-corrected chi connectivity index (χ2v) is 5.33. The average molecular weight is 253 g/mol.